The highest BCUT2D eigenvalue weighted by molar-refractivity contribution is 7.98. The van der Waals surface area contributed by atoms with Crippen molar-refractivity contribution in [1.82, 2.24) is 9.78 Å². The fourth-order valence-electron chi connectivity index (χ4n) is 1.31. The van der Waals surface area contributed by atoms with E-state index in [1.807, 2.05) is 19.4 Å². The highest BCUT2D eigenvalue weighted by Crippen LogP contribution is 2.12. The number of ether oxygens (including phenoxy) is 1. The van der Waals surface area contributed by atoms with Crippen LogP contribution in [0, 0.1) is 0 Å². The summed E-state index contributed by atoms with van der Waals surface area (Å²) < 4.78 is 6.61. The second-order valence-corrected chi connectivity index (χ2v) is 4.83. The van der Waals surface area contributed by atoms with Crippen molar-refractivity contribution in [3.05, 3.63) is 18.0 Å². The van der Waals surface area contributed by atoms with Gasteiger partial charge in [0.2, 0.25) is 0 Å². The minimum atomic E-state index is -0.503. The Morgan fingerprint density at radius 2 is 2.47 bits per heavy atom. The van der Waals surface area contributed by atoms with E-state index in [-0.39, 0.29) is 5.97 Å². The largest absolute Gasteiger partial charge is 0.465 e. The van der Waals surface area contributed by atoms with Crippen molar-refractivity contribution >= 4 is 17.7 Å². The number of aromatic nitrogens is 2. The van der Waals surface area contributed by atoms with Crippen molar-refractivity contribution in [1.29, 1.82) is 0 Å². The molecule has 1 heterocycles. The number of aryl methyl sites for hydroxylation is 1. The third-order valence-electron chi connectivity index (χ3n) is 2.19. The molecule has 0 fully saturated rings. The molecule has 0 amide bonds. The van der Waals surface area contributed by atoms with Gasteiger partial charge in [0, 0.05) is 19.0 Å². The minimum Gasteiger partial charge on any atom is -0.465 e. The molecule has 2 N–H and O–H groups in total. The Labute approximate surface area is 106 Å². The number of hydrogen-bond acceptors (Lipinski definition) is 5. The molecular weight excluding hydrogens is 238 g/mol. The van der Waals surface area contributed by atoms with Crippen molar-refractivity contribution in [3.63, 3.8) is 0 Å². The van der Waals surface area contributed by atoms with E-state index in [1.54, 1.807) is 23.4 Å². The van der Waals surface area contributed by atoms with Gasteiger partial charge < -0.3 is 10.5 Å². The third-order valence-corrected chi connectivity index (χ3v) is 3.25. The average molecular weight is 257 g/mol. The van der Waals surface area contributed by atoms with Gasteiger partial charge in [-0.25, -0.2) is 0 Å². The molecular formula is C11H19N3O2S. The van der Waals surface area contributed by atoms with Crippen LogP contribution >= 0.6 is 11.8 Å². The highest BCUT2D eigenvalue weighted by Gasteiger charge is 2.13. The summed E-state index contributed by atoms with van der Waals surface area (Å²) in [4.78, 5) is 11.2. The maximum atomic E-state index is 11.2. The summed E-state index contributed by atoms with van der Waals surface area (Å²) in [6, 6.07) is -0.503. The molecule has 5 nitrogen and oxygen atoms in total. The van der Waals surface area contributed by atoms with E-state index in [9.17, 15) is 4.79 Å². The van der Waals surface area contributed by atoms with Crippen molar-refractivity contribution in [3.8, 4) is 0 Å². The number of carbonyl (C=O) groups excluding carboxylic acids is 1. The predicted molar refractivity (Wildman–Crippen MR) is 68.6 cm³/mol. The van der Waals surface area contributed by atoms with Gasteiger partial charge in [0.1, 0.15) is 6.04 Å². The van der Waals surface area contributed by atoms with Crippen LogP contribution < -0.4 is 5.73 Å². The van der Waals surface area contributed by atoms with Crippen LogP contribution in [0.4, 0.5) is 0 Å². The van der Waals surface area contributed by atoms with E-state index in [4.69, 9.17) is 10.5 Å². The molecule has 0 aliphatic rings. The lowest BCUT2D eigenvalue weighted by Gasteiger charge is -2.09. The molecule has 0 radical (unpaired) electrons. The monoisotopic (exact) mass is 257 g/mol. The lowest BCUT2D eigenvalue weighted by Crippen LogP contribution is -2.32. The van der Waals surface area contributed by atoms with E-state index in [0.717, 1.165) is 11.5 Å². The van der Waals surface area contributed by atoms with Crippen molar-refractivity contribution < 1.29 is 9.53 Å². The summed E-state index contributed by atoms with van der Waals surface area (Å²) in [6.07, 6.45) is 4.47. The first-order chi connectivity index (χ1) is 8.13. The minimum absolute atomic E-state index is 0.311. The molecule has 6 heteroatoms. The summed E-state index contributed by atoms with van der Waals surface area (Å²) in [5.74, 6) is 1.42. The zero-order valence-electron chi connectivity index (χ0n) is 10.3. The van der Waals surface area contributed by atoms with Gasteiger partial charge in [-0.15, -0.1) is 0 Å². The molecule has 0 spiro atoms. The molecule has 0 aromatic carbocycles. The molecule has 1 aromatic rings. The van der Waals surface area contributed by atoms with Crippen LogP contribution in [0.2, 0.25) is 0 Å². The van der Waals surface area contributed by atoms with Gasteiger partial charge in [0.15, 0.2) is 0 Å². The third kappa shape index (κ3) is 5.23. The number of nitrogens with two attached hydrogens (primary N) is 1. The standard InChI is InChI=1S/C11H19N3O2S/c1-3-16-11(15)10(12)4-5-17-8-9-6-13-14(2)7-9/h6-7,10H,3-5,8,12H2,1-2H3. The van der Waals surface area contributed by atoms with Crippen LogP contribution in [0.1, 0.15) is 18.9 Å². The van der Waals surface area contributed by atoms with Gasteiger partial charge in [-0.1, -0.05) is 0 Å². The number of hydrogen-bond donors (Lipinski definition) is 1. The molecule has 0 aliphatic carbocycles. The molecule has 1 atom stereocenters. The normalized spacial score (nSPS) is 12.4. The van der Waals surface area contributed by atoms with E-state index in [2.05, 4.69) is 5.10 Å². The van der Waals surface area contributed by atoms with Crippen LogP contribution in [0.5, 0.6) is 0 Å². The van der Waals surface area contributed by atoms with Crippen molar-refractivity contribution in [2.75, 3.05) is 12.4 Å². The van der Waals surface area contributed by atoms with Crippen molar-refractivity contribution in [2.24, 2.45) is 12.8 Å². The van der Waals surface area contributed by atoms with Gasteiger partial charge in [-0.2, -0.15) is 16.9 Å². The predicted octanol–water partition coefficient (Wildman–Crippen LogP) is 0.934. The first-order valence-corrected chi connectivity index (χ1v) is 6.76. The Morgan fingerprint density at radius 3 is 3.06 bits per heavy atom. The second kappa shape index (κ2) is 7.34. The van der Waals surface area contributed by atoms with E-state index in [0.29, 0.717) is 13.0 Å². The van der Waals surface area contributed by atoms with Crippen LogP contribution in [0.25, 0.3) is 0 Å². The molecule has 0 bridgehead atoms. The summed E-state index contributed by atoms with van der Waals surface area (Å²) in [6.45, 7) is 2.16. The van der Waals surface area contributed by atoms with Gasteiger partial charge >= 0.3 is 5.97 Å². The number of carbonyl (C=O) groups is 1. The van der Waals surface area contributed by atoms with E-state index < -0.39 is 6.04 Å². The molecule has 1 unspecified atom stereocenters. The van der Waals surface area contributed by atoms with Crippen molar-refractivity contribution in [2.45, 2.75) is 25.1 Å². The molecule has 0 saturated carbocycles. The van der Waals surface area contributed by atoms with Crippen LogP contribution in [-0.2, 0) is 22.3 Å². The first kappa shape index (κ1) is 14.1. The average Bonchev–Trinajstić information content (AvgIpc) is 2.70. The van der Waals surface area contributed by atoms with E-state index >= 15 is 0 Å². The summed E-state index contributed by atoms with van der Waals surface area (Å²) in [7, 11) is 1.89. The lowest BCUT2D eigenvalue weighted by atomic mass is 10.2. The number of rotatable bonds is 7. The second-order valence-electron chi connectivity index (χ2n) is 3.72. The molecule has 1 aromatic heterocycles. The number of nitrogens with zero attached hydrogens (tertiary/aromatic N) is 2. The van der Waals surface area contributed by atoms with Gasteiger partial charge in [-0.3, -0.25) is 9.48 Å². The van der Waals surface area contributed by atoms with Gasteiger partial charge in [-0.05, 0) is 24.7 Å². The topological polar surface area (TPSA) is 70.1 Å². The molecule has 1 rings (SSSR count). The first-order valence-electron chi connectivity index (χ1n) is 5.61. The zero-order valence-corrected chi connectivity index (χ0v) is 11.1. The number of esters is 1. The Balaban J connectivity index is 2.13. The summed E-state index contributed by atoms with van der Waals surface area (Å²) in [5, 5.41) is 4.09. The maximum absolute atomic E-state index is 11.2. The molecule has 17 heavy (non-hydrogen) atoms. The quantitative estimate of drug-likeness (QED) is 0.581. The lowest BCUT2D eigenvalue weighted by molar-refractivity contribution is -0.144. The van der Waals surface area contributed by atoms with Crippen LogP contribution in [0.3, 0.4) is 0 Å². The van der Waals surface area contributed by atoms with E-state index in [1.165, 1.54) is 5.56 Å². The summed E-state index contributed by atoms with van der Waals surface area (Å²) in [5.41, 5.74) is 6.87. The Hall–Kier alpha value is -1.01. The Kier molecular flexibility index (Phi) is 6.07. The Bertz CT molecular complexity index is 354. The van der Waals surface area contributed by atoms with Crippen LogP contribution in [-0.4, -0.2) is 34.2 Å². The molecule has 96 valence electrons. The maximum Gasteiger partial charge on any atom is 0.322 e. The molecule has 0 saturated heterocycles. The molecule has 0 aliphatic heterocycles. The van der Waals surface area contributed by atoms with Crippen LogP contribution in [0.15, 0.2) is 12.4 Å². The zero-order chi connectivity index (χ0) is 12.7. The van der Waals surface area contributed by atoms with Gasteiger partial charge in [0.25, 0.3) is 0 Å². The number of thioether (sulfide) groups is 1. The van der Waals surface area contributed by atoms with Gasteiger partial charge in [0.05, 0.1) is 12.8 Å². The fraction of sp³-hybridized carbons (Fsp3) is 0.636. The SMILES string of the molecule is CCOC(=O)C(N)CCSCc1cnn(C)c1. The highest BCUT2D eigenvalue weighted by atomic mass is 32.2. The fourth-order valence-corrected chi connectivity index (χ4v) is 2.26. The smallest absolute Gasteiger partial charge is 0.322 e. The summed E-state index contributed by atoms with van der Waals surface area (Å²) >= 11 is 1.74. The Morgan fingerprint density at radius 1 is 1.71 bits per heavy atom.